The number of benzene rings is 1. The van der Waals surface area contributed by atoms with E-state index in [1.54, 1.807) is 6.20 Å². The second kappa shape index (κ2) is 4.97. The lowest BCUT2D eigenvalue weighted by Crippen LogP contribution is -2.08. The van der Waals surface area contributed by atoms with Crippen LogP contribution in [0.2, 0.25) is 0 Å². The van der Waals surface area contributed by atoms with Crippen molar-refractivity contribution in [3.8, 4) is 5.75 Å². The van der Waals surface area contributed by atoms with E-state index < -0.39 is 0 Å². The van der Waals surface area contributed by atoms with Gasteiger partial charge in [0.2, 0.25) is 0 Å². The minimum absolute atomic E-state index is 0.0460. The van der Waals surface area contributed by atoms with Crippen LogP contribution in [0.3, 0.4) is 0 Å². The molecule has 0 aliphatic rings. The highest BCUT2D eigenvalue weighted by Gasteiger charge is 2.05. The maximum atomic E-state index is 7.29. The van der Waals surface area contributed by atoms with Gasteiger partial charge in [-0.05, 0) is 18.6 Å². The van der Waals surface area contributed by atoms with Crippen LogP contribution in [0.1, 0.15) is 15.4 Å². The summed E-state index contributed by atoms with van der Waals surface area (Å²) < 4.78 is 5.65. The van der Waals surface area contributed by atoms with Gasteiger partial charge in [0.15, 0.2) is 0 Å². The Balaban J connectivity index is 2.02. The second-order valence-electron chi connectivity index (χ2n) is 3.59. The van der Waals surface area contributed by atoms with Gasteiger partial charge in [0, 0.05) is 6.20 Å². The minimum Gasteiger partial charge on any atom is -0.486 e. The molecule has 2 rings (SSSR count). The molecule has 1 aromatic carbocycles. The van der Waals surface area contributed by atoms with Gasteiger partial charge in [-0.2, -0.15) is 0 Å². The molecule has 17 heavy (non-hydrogen) atoms. The van der Waals surface area contributed by atoms with E-state index in [0.29, 0.717) is 11.5 Å². The Morgan fingerprint density at radius 2 is 2.24 bits per heavy atom. The van der Waals surface area contributed by atoms with Gasteiger partial charge < -0.3 is 10.5 Å². The van der Waals surface area contributed by atoms with Crippen molar-refractivity contribution < 1.29 is 4.74 Å². The molecule has 0 aliphatic heterocycles. The SMILES string of the molecule is Cc1ccccc1OCc1ncc(C(=N)N)s1. The first-order valence-electron chi connectivity index (χ1n) is 5.14. The predicted octanol–water partition coefficient (Wildman–Crippen LogP) is 2.31. The van der Waals surface area contributed by atoms with E-state index >= 15 is 0 Å². The van der Waals surface area contributed by atoms with Crippen LogP contribution in [0.4, 0.5) is 0 Å². The molecule has 0 fully saturated rings. The molecule has 88 valence electrons. The lowest BCUT2D eigenvalue weighted by Gasteiger charge is -2.06. The summed E-state index contributed by atoms with van der Waals surface area (Å²) in [6.45, 7) is 2.40. The topological polar surface area (TPSA) is 72.0 Å². The molecule has 0 atom stereocenters. The minimum atomic E-state index is 0.0460. The smallest absolute Gasteiger partial charge is 0.140 e. The molecule has 0 radical (unpaired) electrons. The van der Waals surface area contributed by atoms with Crippen LogP contribution in [0.5, 0.6) is 5.75 Å². The van der Waals surface area contributed by atoms with Gasteiger partial charge in [-0.25, -0.2) is 4.98 Å². The molecular formula is C12H13N3OS. The maximum absolute atomic E-state index is 7.29. The number of rotatable bonds is 4. The Morgan fingerprint density at radius 3 is 2.88 bits per heavy atom. The van der Waals surface area contributed by atoms with Crippen molar-refractivity contribution in [3.63, 3.8) is 0 Å². The van der Waals surface area contributed by atoms with Crippen LogP contribution < -0.4 is 10.5 Å². The van der Waals surface area contributed by atoms with Gasteiger partial charge in [-0.3, -0.25) is 5.41 Å². The van der Waals surface area contributed by atoms with Crippen molar-refractivity contribution in [2.24, 2.45) is 5.73 Å². The Hall–Kier alpha value is -1.88. The van der Waals surface area contributed by atoms with Gasteiger partial charge >= 0.3 is 0 Å². The summed E-state index contributed by atoms with van der Waals surface area (Å²) >= 11 is 1.38. The van der Waals surface area contributed by atoms with E-state index in [0.717, 1.165) is 16.3 Å². The fourth-order valence-corrected chi connectivity index (χ4v) is 2.05. The van der Waals surface area contributed by atoms with Crippen molar-refractivity contribution in [1.82, 2.24) is 4.98 Å². The average Bonchev–Trinajstić information content (AvgIpc) is 2.77. The molecule has 2 aromatic rings. The van der Waals surface area contributed by atoms with E-state index in [1.807, 2.05) is 31.2 Å². The maximum Gasteiger partial charge on any atom is 0.140 e. The highest BCUT2D eigenvalue weighted by Crippen LogP contribution is 2.19. The molecule has 0 aliphatic carbocycles. The monoisotopic (exact) mass is 247 g/mol. The van der Waals surface area contributed by atoms with E-state index in [2.05, 4.69) is 4.98 Å². The number of hydrogen-bond donors (Lipinski definition) is 2. The van der Waals surface area contributed by atoms with Crippen LogP contribution >= 0.6 is 11.3 Å². The molecule has 1 heterocycles. The second-order valence-corrected chi connectivity index (χ2v) is 4.70. The molecule has 0 saturated carbocycles. The summed E-state index contributed by atoms with van der Waals surface area (Å²) in [5.41, 5.74) is 6.46. The molecule has 5 heteroatoms. The first kappa shape index (κ1) is 11.6. The van der Waals surface area contributed by atoms with Crippen molar-refractivity contribution in [3.05, 3.63) is 45.9 Å². The third-order valence-corrected chi connectivity index (χ3v) is 3.27. The molecule has 0 saturated heterocycles. The number of ether oxygens (including phenoxy) is 1. The van der Waals surface area contributed by atoms with Crippen LogP contribution in [0, 0.1) is 12.3 Å². The summed E-state index contributed by atoms with van der Waals surface area (Å²) in [4.78, 5) is 4.83. The van der Waals surface area contributed by atoms with Crippen molar-refractivity contribution >= 4 is 17.2 Å². The first-order chi connectivity index (χ1) is 8.16. The number of nitrogen functional groups attached to an aromatic ring is 1. The third-order valence-electron chi connectivity index (χ3n) is 2.26. The number of aryl methyl sites for hydroxylation is 1. The fraction of sp³-hybridized carbons (Fsp3) is 0.167. The molecule has 1 aromatic heterocycles. The molecule has 4 nitrogen and oxygen atoms in total. The molecule has 0 unspecified atom stereocenters. The number of nitrogens with two attached hydrogens (primary N) is 1. The summed E-state index contributed by atoms with van der Waals surface area (Å²) in [6.07, 6.45) is 1.60. The third kappa shape index (κ3) is 2.82. The number of hydrogen-bond acceptors (Lipinski definition) is 4. The standard InChI is InChI=1S/C12H13N3OS/c1-8-4-2-3-5-9(8)16-7-11-15-6-10(17-11)12(13)14/h2-6H,7H2,1H3,(H3,13,14). The molecular weight excluding hydrogens is 234 g/mol. The largest absolute Gasteiger partial charge is 0.486 e. The van der Waals surface area contributed by atoms with E-state index in [-0.39, 0.29) is 5.84 Å². The van der Waals surface area contributed by atoms with Gasteiger partial charge in [-0.15, -0.1) is 11.3 Å². The van der Waals surface area contributed by atoms with Crippen molar-refractivity contribution in [2.45, 2.75) is 13.5 Å². The number of para-hydroxylation sites is 1. The van der Waals surface area contributed by atoms with Crippen molar-refractivity contribution in [1.29, 1.82) is 5.41 Å². The van der Waals surface area contributed by atoms with Gasteiger partial charge in [0.05, 0.1) is 4.88 Å². The van der Waals surface area contributed by atoms with Crippen LogP contribution in [0.25, 0.3) is 0 Å². The number of aromatic nitrogens is 1. The molecule has 3 N–H and O–H groups in total. The number of thiazole rings is 1. The lowest BCUT2D eigenvalue weighted by atomic mass is 10.2. The van der Waals surface area contributed by atoms with E-state index in [9.17, 15) is 0 Å². The quantitative estimate of drug-likeness (QED) is 0.643. The summed E-state index contributed by atoms with van der Waals surface area (Å²) in [6, 6.07) is 7.83. The van der Waals surface area contributed by atoms with E-state index in [1.165, 1.54) is 11.3 Å². The first-order valence-corrected chi connectivity index (χ1v) is 5.96. The Bertz CT molecular complexity index is 536. The highest BCUT2D eigenvalue weighted by atomic mass is 32.1. The molecule has 0 spiro atoms. The summed E-state index contributed by atoms with van der Waals surface area (Å²) in [7, 11) is 0. The summed E-state index contributed by atoms with van der Waals surface area (Å²) in [5.74, 6) is 0.900. The normalized spacial score (nSPS) is 10.2. The molecule has 0 amide bonds. The van der Waals surface area contributed by atoms with Crippen LogP contribution in [-0.2, 0) is 6.61 Å². The zero-order chi connectivity index (χ0) is 12.3. The number of amidine groups is 1. The van der Waals surface area contributed by atoms with Crippen molar-refractivity contribution in [2.75, 3.05) is 0 Å². The average molecular weight is 247 g/mol. The Kier molecular flexibility index (Phi) is 3.39. The van der Waals surface area contributed by atoms with Crippen LogP contribution in [-0.4, -0.2) is 10.8 Å². The van der Waals surface area contributed by atoms with E-state index in [4.69, 9.17) is 15.9 Å². The van der Waals surface area contributed by atoms with Gasteiger partial charge in [0.1, 0.15) is 23.2 Å². The zero-order valence-corrected chi connectivity index (χ0v) is 10.3. The summed E-state index contributed by atoms with van der Waals surface area (Å²) in [5, 5.41) is 8.10. The Morgan fingerprint density at radius 1 is 1.47 bits per heavy atom. The predicted molar refractivity (Wildman–Crippen MR) is 68.6 cm³/mol. The van der Waals surface area contributed by atoms with Gasteiger partial charge in [0.25, 0.3) is 0 Å². The fourth-order valence-electron chi connectivity index (χ4n) is 1.36. The number of nitrogens with one attached hydrogen (secondary N) is 1. The van der Waals surface area contributed by atoms with Crippen LogP contribution in [0.15, 0.2) is 30.5 Å². The Labute approximate surface area is 104 Å². The highest BCUT2D eigenvalue weighted by molar-refractivity contribution is 7.13. The number of nitrogens with zero attached hydrogens (tertiary/aromatic N) is 1. The lowest BCUT2D eigenvalue weighted by molar-refractivity contribution is 0.303. The van der Waals surface area contributed by atoms with Gasteiger partial charge in [-0.1, -0.05) is 18.2 Å². The molecule has 0 bridgehead atoms. The zero-order valence-electron chi connectivity index (χ0n) is 9.43.